The minimum absolute atomic E-state index is 0.00769. The van der Waals surface area contributed by atoms with E-state index in [-0.39, 0.29) is 18.8 Å². The molecule has 0 aliphatic carbocycles. The van der Waals surface area contributed by atoms with Crippen LogP contribution in [0.25, 0.3) is 5.69 Å². The van der Waals surface area contributed by atoms with Gasteiger partial charge in [-0.15, -0.1) is 5.10 Å². The summed E-state index contributed by atoms with van der Waals surface area (Å²) in [6.45, 7) is 2.64. The number of aryl methyl sites for hydroxylation is 1. The number of rotatable bonds is 8. The Morgan fingerprint density at radius 1 is 0.935 bits per heavy atom. The van der Waals surface area contributed by atoms with Crippen LogP contribution in [-0.4, -0.2) is 52.6 Å². The molecule has 0 N–H and O–H groups in total. The van der Waals surface area contributed by atoms with E-state index in [1.165, 1.54) is 9.70 Å². The molecule has 9 heteroatoms. The van der Waals surface area contributed by atoms with Crippen molar-refractivity contribution in [3.8, 4) is 5.69 Å². The van der Waals surface area contributed by atoms with Gasteiger partial charge < -0.3 is 9.47 Å². The van der Waals surface area contributed by atoms with E-state index in [0.717, 1.165) is 0 Å². The van der Waals surface area contributed by atoms with E-state index in [9.17, 15) is 14.4 Å². The average Bonchev–Trinajstić information content (AvgIpc) is 3.19. The van der Waals surface area contributed by atoms with Gasteiger partial charge in [0, 0.05) is 5.69 Å². The van der Waals surface area contributed by atoms with Crippen molar-refractivity contribution in [1.29, 1.82) is 0 Å². The fourth-order valence-corrected chi connectivity index (χ4v) is 2.78. The lowest BCUT2D eigenvalue weighted by molar-refractivity contribution is -0.142. The summed E-state index contributed by atoms with van der Waals surface area (Å²) in [4.78, 5) is 39.7. The number of carbonyl (C=O) groups excluding carboxylic acids is 3. The van der Waals surface area contributed by atoms with Gasteiger partial charge in [0.15, 0.2) is 12.3 Å². The van der Waals surface area contributed by atoms with Gasteiger partial charge in [-0.05, 0) is 38.1 Å². The summed E-state index contributed by atoms with van der Waals surface area (Å²) in [5.41, 5.74) is 1.55. The third-order valence-corrected chi connectivity index (χ3v) is 4.25. The third-order valence-electron chi connectivity index (χ3n) is 4.25. The first-order chi connectivity index (χ1) is 15.0. The number of carbonyl (C=O) groups is 3. The molecular formula is C22H22N4O5. The summed E-state index contributed by atoms with van der Waals surface area (Å²) in [5, 5.41) is 8.39. The predicted octanol–water partition coefficient (Wildman–Crippen LogP) is 2.33. The molecule has 0 aliphatic rings. The number of hydrogen-bond acceptors (Lipinski definition) is 7. The Kier molecular flexibility index (Phi) is 7.10. The van der Waals surface area contributed by atoms with Gasteiger partial charge in [-0.3, -0.25) is 14.5 Å². The maximum Gasteiger partial charge on any atom is 0.361 e. The number of hydrogen-bond donors (Lipinski definition) is 0. The average molecular weight is 422 g/mol. The van der Waals surface area contributed by atoms with Gasteiger partial charge >= 0.3 is 11.9 Å². The van der Waals surface area contributed by atoms with Crippen molar-refractivity contribution in [3.63, 3.8) is 0 Å². The molecule has 0 atom stereocenters. The number of para-hydroxylation sites is 2. The molecule has 0 bridgehead atoms. The van der Waals surface area contributed by atoms with Gasteiger partial charge in [0.25, 0.3) is 5.91 Å². The van der Waals surface area contributed by atoms with Crippen LogP contribution in [0.5, 0.6) is 0 Å². The summed E-state index contributed by atoms with van der Waals surface area (Å²) in [6.07, 6.45) is 0. The Morgan fingerprint density at radius 2 is 1.58 bits per heavy atom. The standard InChI is InChI=1S/C22H22N4O5/c1-3-30-20(28)14-25(17-10-6-4-7-11-17)19(27)15-31-22(29)21-16(2)23-26(24-21)18-12-8-5-9-13-18/h4-13H,3,14-15H2,1-2H3. The van der Waals surface area contributed by atoms with Crippen LogP contribution in [0, 0.1) is 6.92 Å². The van der Waals surface area contributed by atoms with E-state index in [1.54, 1.807) is 56.3 Å². The zero-order chi connectivity index (χ0) is 22.2. The molecule has 0 fully saturated rings. The molecule has 0 radical (unpaired) electrons. The van der Waals surface area contributed by atoms with Crippen LogP contribution in [-0.2, 0) is 19.1 Å². The van der Waals surface area contributed by atoms with Crippen molar-refractivity contribution in [1.82, 2.24) is 15.0 Å². The highest BCUT2D eigenvalue weighted by atomic mass is 16.5. The lowest BCUT2D eigenvalue weighted by Crippen LogP contribution is -2.39. The monoisotopic (exact) mass is 422 g/mol. The minimum atomic E-state index is -0.780. The summed E-state index contributed by atoms with van der Waals surface area (Å²) >= 11 is 0. The lowest BCUT2D eigenvalue weighted by Gasteiger charge is -2.21. The molecule has 2 aromatic carbocycles. The van der Waals surface area contributed by atoms with E-state index in [4.69, 9.17) is 9.47 Å². The summed E-state index contributed by atoms with van der Waals surface area (Å²) in [7, 11) is 0. The molecule has 0 saturated carbocycles. The molecule has 9 nitrogen and oxygen atoms in total. The summed E-state index contributed by atoms with van der Waals surface area (Å²) in [5.74, 6) is -1.91. The topological polar surface area (TPSA) is 104 Å². The highest BCUT2D eigenvalue weighted by Crippen LogP contribution is 2.14. The minimum Gasteiger partial charge on any atom is -0.465 e. The first-order valence-corrected chi connectivity index (χ1v) is 9.67. The molecule has 3 aromatic rings. The number of anilines is 1. The third kappa shape index (κ3) is 5.53. The van der Waals surface area contributed by atoms with Crippen molar-refractivity contribution < 1.29 is 23.9 Å². The molecule has 0 unspecified atom stereocenters. The quantitative estimate of drug-likeness (QED) is 0.513. The second-order valence-electron chi connectivity index (χ2n) is 6.46. The Balaban J connectivity index is 1.70. The second kappa shape index (κ2) is 10.1. The van der Waals surface area contributed by atoms with E-state index in [2.05, 4.69) is 10.2 Å². The number of esters is 2. The van der Waals surface area contributed by atoms with Crippen LogP contribution in [0.1, 0.15) is 23.1 Å². The van der Waals surface area contributed by atoms with Crippen LogP contribution < -0.4 is 4.90 Å². The van der Waals surface area contributed by atoms with Crippen molar-refractivity contribution in [3.05, 3.63) is 72.1 Å². The van der Waals surface area contributed by atoms with Crippen LogP contribution in [0.2, 0.25) is 0 Å². The number of benzene rings is 2. The Bertz CT molecular complexity index is 1050. The zero-order valence-corrected chi connectivity index (χ0v) is 17.2. The number of aromatic nitrogens is 3. The van der Waals surface area contributed by atoms with Crippen LogP contribution >= 0.6 is 0 Å². The molecule has 0 saturated heterocycles. The maximum atomic E-state index is 12.7. The second-order valence-corrected chi connectivity index (χ2v) is 6.46. The Hall–Kier alpha value is -4.01. The van der Waals surface area contributed by atoms with Gasteiger partial charge in [0.1, 0.15) is 6.54 Å². The molecular weight excluding hydrogens is 400 g/mol. The van der Waals surface area contributed by atoms with Crippen molar-refractivity contribution >= 4 is 23.5 Å². The van der Waals surface area contributed by atoms with E-state index < -0.39 is 24.5 Å². The van der Waals surface area contributed by atoms with Crippen LogP contribution in [0.4, 0.5) is 5.69 Å². The molecule has 1 aromatic heterocycles. The van der Waals surface area contributed by atoms with Gasteiger partial charge in [0.05, 0.1) is 18.0 Å². The number of amides is 1. The summed E-state index contributed by atoms with van der Waals surface area (Å²) in [6, 6.07) is 17.7. The first kappa shape index (κ1) is 21.7. The SMILES string of the molecule is CCOC(=O)CN(C(=O)COC(=O)c1nn(-c2ccccc2)nc1C)c1ccccc1. The molecule has 31 heavy (non-hydrogen) atoms. The molecule has 0 spiro atoms. The fourth-order valence-electron chi connectivity index (χ4n) is 2.78. The zero-order valence-electron chi connectivity index (χ0n) is 17.2. The Labute approximate surface area is 179 Å². The largest absolute Gasteiger partial charge is 0.465 e. The first-order valence-electron chi connectivity index (χ1n) is 9.67. The van der Waals surface area contributed by atoms with Crippen molar-refractivity contribution in [2.24, 2.45) is 0 Å². The van der Waals surface area contributed by atoms with Gasteiger partial charge in [-0.25, -0.2) is 4.79 Å². The van der Waals surface area contributed by atoms with Crippen molar-refractivity contribution in [2.45, 2.75) is 13.8 Å². The molecule has 0 aliphatic heterocycles. The lowest BCUT2D eigenvalue weighted by atomic mass is 10.3. The van der Waals surface area contributed by atoms with Gasteiger partial charge in [-0.2, -0.15) is 9.90 Å². The van der Waals surface area contributed by atoms with Gasteiger partial charge in [-0.1, -0.05) is 36.4 Å². The smallest absolute Gasteiger partial charge is 0.361 e. The van der Waals surface area contributed by atoms with Crippen molar-refractivity contribution in [2.75, 3.05) is 24.7 Å². The van der Waals surface area contributed by atoms with E-state index in [0.29, 0.717) is 17.1 Å². The van der Waals surface area contributed by atoms with E-state index in [1.807, 2.05) is 18.2 Å². The fraction of sp³-hybridized carbons (Fsp3) is 0.227. The van der Waals surface area contributed by atoms with Crippen LogP contribution in [0.15, 0.2) is 60.7 Å². The van der Waals surface area contributed by atoms with Gasteiger partial charge in [0.2, 0.25) is 0 Å². The Morgan fingerprint density at radius 3 is 2.23 bits per heavy atom. The predicted molar refractivity (Wildman–Crippen MR) is 112 cm³/mol. The summed E-state index contributed by atoms with van der Waals surface area (Å²) < 4.78 is 10.1. The number of ether oxygens (including phenoxy) is 2. The number of nitrogens with zero attached hydrogens (tertiary/aromatic N) is 4. The molecule has 1 amide bonds. The highest BCUT2D eigenvalue weighted by Gasteiger charge is 2.23. The molecule has 160 valence electrons. The molecule has 3 rings (SSSR count). The van der Waals surface area contributed by atoms with Crippen LogP contribution in [0.3, 0.4) is 0 Å². The van der Waals surface area contributed by atoms with E-state index >= 15 is 0 Å². The highest BCUT2D eigenvalue weighted by molar-refractivity contribution is 6.00. The maximum absolute atomic E-state index is 12.7. The molecule has 1 heterocycles. The normalized spacial score (nSPS) is 10.4.